The minimum Gasteiger partial charge on any atom is -0.477 e. The second-order valence-electron chi connectivity index (χ2n) is 3.02. The van der Waals surface area contributed by atoms with Crippen molar-refractivity contribution in [2.24, 2.45) is 0 Å². The van der Waals surface area contributed by atoms with E-state index in [-0.39, 0.29) is 5.95 Å². The lowest BCUT2D eigenvalue weighted by atomic mass is 10.1. The first-order valence-corrected chi connectivity index (χ1v) is 5.22. The fraction of sp³-hybridized carbons (Fsp3) is 0.222. The van der Waals surface area contributed by atoms with Gasteiger partial charge in [-0.25, -0.2) is 14.8 Å². The number of hydrogen-bond donors (Lipinski definition) is 2. The summed E-state index contributed by atoms with van der Waals surface area (Å²) in [6.45, 7) is 1.91. The van der Waals surface area contributed by atoms with E-state index in [4.69, 9.17) is 10.8 Å². The number of aromatic carboxylic acids is 1. The van der Waals surface area contributed by atoms with Gasteiger partial charge in [-0.1, -0.05) is 6.92 Å². The molecule has 0 aliphatic rings. The quantitative estimate of drug-likeness (QED) is 0.806. The summed E-state index contributed by atoms with van der Waals surface area (Å²) >= 11 is 1.14. The molecule has 0 fully saturated rings. The van der Waals surface area contributed by atoms with E-state index in [0.29, 0.717) is 16.1 Å². The van der Waals surface area contributed by atoms with Crippen LogP contribution in [0, 0.1) is 0 Å². The summed E-state index contributed by atoms with van der Waals surface area (Å²) in [7, 11) is 0. The van der Waals surface area contributed by atoms with Crippen molar-refractivity contribution in [2.45, 2.75) is 13.3 Å². The monoisotopic (exact) mass is 223 g/mol. The van der Waals surface area contributed by atoms with Gasteiger partial charge >= 0.3 is 5.97 Å². The molecule has 0 saturated heterocycles. The predicted octanol–water partition coefficient (Wildman–Crippen LogP) is 1.53. The van der Waals surface area contributed by atoms with Crippen molar-refractivity contribution >= 4 is 33.5 Å². The number of carboxylic acids is 1. The number of thiophene rings is 1. The maximum atomic E-state index is 11.0. The number of carbonyl (C=O) groups is 1. The molecule has 2 heterocycles. The van der Waals surface area contributed by atoms with Crippen molar-refractivity contribution in [1.82, 2.24) is 9.97 Å². The van der Waals surface area contributed by atoms with Crippen molar-refractivity contribution in [1.29, 1.82) is 0 Å². The molecule has 0 aliphatic carbocycles. The van der Waals surface area contributed by atoms with Crippen molar-refractivity contribution < 1.29 is 9.90 Å². The first kappa shape index (κ1) is 9.85. The van der Waals surface area contributed by atoms with Gasteiger partial charge in [0.2, 0.25) is 5.95 Å². The zero-order valence-electron chi connectivity index (χ0n) is 8.02. The first-order chi connectivity index (χ1) is 7.13. The third kappa shape index (κ3) is 1.52. The van der Waals surface area contributed by atoms with Crippen LogP contribution in [0.2, 0.25) is 0 Å². The van der Waals surface area contributed by atoms with Gasteiger partial charge in [-0.15, -0.1) is 11.3 Å². The van der Waals surface area contributed by atoms with E-state index in [1.807, 2.05) is 6.92 Å². The Bertz CT molecular complexity index is 535. The van der Waals surface area contributed by atoms with Gasteiger partial charge in [0.1, 0.15) is 9.71 Å². The van der Waals surface area contributed by atoms with E-state index in [1.54, 1.807) is 6.20 Å². The van der Waals surface area contributed by atoms with Gasteiger partial charge < -0.3 is 10.8 Å². The van der Waals surface area contributed by atoms with E-state index in [9.17, 15) is 4.79 Å². The summed E-state index contributed by atoms with van der Waals surface area (Å²) in [6, 6.07) is 0. The number of fused-ring (bicyclic) bond motifs is 1. The van der Waals surface area contributed by atoms with Crippen molar-refractivity contribution in [3.63, 3.8) is 0 Å². The molecule has 3 N–H and O–H groups in total. The Kier molecular flexibility index (Phi) is 2.28. The summed E-state index contributed by atoms with van der Waals surface area (Å²) < 4.78 is 0. The van der Waals surface area contributed by atoms with Gasteiger partial charge in [-0.3, -0.25) is 0 Å². The zero-order chi connectivity index (χ0) is 11.0. The van der Waals surface area contributed by atoms with Crippen LogP contribution in [0.4, 0.5) is 5.95 Å². The minimum absolute atomic E-state index is 0.170. The van der Waals surface area contributed by atoms with E-state index < -0.39 is 5.97 Å². The molecule has 0 unspecified atom stereocenters. The number of aromatic nitrogens is 2. The highest BCUT2D eigenvalue weighted by molar-refractivity contribution is 7.20. The second kappa shape index (κ2) is 3.47. The van der Waals surface area contributed by atoms with Crippen LogP contribution >= 0.6 is 11.3 Å². The molecular weight excluding hydrogens is 214 g/mol. The molecule has 2 rings (SSSR count). The molecular formula is C9H9N3O2S. The van der Waals surface area contributed by atoms with E-state index >= 15 is 0 Å². The highest BCUT2D eigenvalue weighted by Gasteiger charge is 2.17. The SMILES string of the molecule is CCc1c(C(=O)O)sc2nc(N)ncc12. The smallest absolute Gasteiger partial charge is 0.346 e. The van der Waals surface area contributed by atoms with Gasteiger partial charge in [0.15, 0.2) is 0 Å². The van der Waals surface area contributed by atoms with Gasteiger partial charge in [-0.05, 0) is 12.0 Å². The largest absolute Gasteiger partial charge is 0.477 e. The molecule has 0 saturated carbocycles. The Hall–Kier alpha value is -1.69. The molecule has 78 valence electrons. The van der Waals surface area contributed by atoms with Gasteiger partial charge in [0.05, 0.1) is 0 Å². The lowest BCUT2D eigenvalue weighted by Crippen LogP contribution is -1.96. The van der Waals surface area contributed by atoms with Crippen molar-refractivity contribution in [3.8, 4) is 0 Å². The topological polar surface area (TPSA) is 89.1 Å². The van der Waals surface area contributed by atoms with Crippen LogP contribution in [0.5, 0.6) is 0 Å². The lowest BCUT2D eigenvalue weighted by molar-refractivity contribution is 0.0701. The van der Waals surface area contributed by atoms with Gasteiger partial charge in [-0.2, -0.15) is 0 Å². The number of rotatable bonds is 2. The minimum atomic E-state index is -0.923. The third-order valence-electron chi connectivity index (χ3n) is 2.12. The Morgan fingerprint density at radius 3 is 3.00 bits per heavy atom. The average molecular weight is 223 g/mol. The molecule has 0 aliphatic heterocycles. The molecule has 6 heteroatoms. The van der Waals surface area contributed by atoms with Crippen LogP contribution in [0.15, 0.2) is 6.20 Å². The van der Waals surface area contributed by atoms with Crippen LogP contribution in [0.25, 0.3) is 10.2 Å². The number of carboxylic acid groups (broad SMARTS) is 1. The Morgan fingerprint density at radius 1 is 1.67 bits per heavy atom. The molecule has 2 aromatic rings. The molecule has 0 amide bonds. The molecule has 0 radical (unpaired) electrons. The Balaban J connectivity index is 2.78. The molecule has 5 nitrogen and oxygen atoms in total. The normalized spacial score (nSPS) is 10.7. The van der Waals surface area contributed by atoms with Crippen LogP contribution in [-0.4, -0.2) is 21.0 Å². The summed E-state index contributed by atoms with van der Waals surface area (Å²) in [5, 5.41) is 9.78. The molecule has 0 aromatic carbocycles. The predicted molar refractivity (Wildman–Crippen MR) is 58.2 cm³/mol. The number of aryl methyl sites for hydroxylation is 1. The number of hydrogen-bond acceptors (Lipinski definition) is 5. The molecule has 0 bridgehead atoms. The molecule has 0 spiro atoms. The first-order valence-electron chi connectivity index (χ1n) is 4.40. The highest BCUT2D eigenvalue weighted by Crippen LogP contribution is 2.30. The highest BCUT2D eigenvalue weighted by atomic mass is 32.1. The molecule has 0 atom stereocenters. The van der Waals surface area contributed by atoms with Crippen LogP contribution in [0.1, 0.15) is 22.2 Å². The average Bonchev–Trinajstić information content (AvgIpc) is 2.55. The van der Waals surface area contributed by atoms with E-state index in [2.05, 4.69) is 9.97 Å². The maximum absolute atomic E-state index is 11.0. The number of nitrogens with two attached hydrogens (primary N) is 1. The number of nitrogen functional groups attached to an aromatic ring is 1. The number of nitrogens with zero attached hydrogens (tertiary/aromatic N) is 2. The van der Waals surface area contributed by atoms with Crippen molar-refractivity contribution in [2.75, 3.05) is 5.73 Å². The molecule has 2 aromatic heterocycles. The van der Waals surface area contributed by atoms with Crippen LogP contribution in [0.3, 0.4) is 0 Å². The summed E-state index contributed by atoms with van der Waals surface area (Å²) in [5.74, 6) is -0.753. The van der Waals surface area contributed by atoms with E-state index in [0.717, 1.165) is 22.3 Å². The lowest BCUT2D eigenvalue weighted by Gasteiger charge is -1.95. The summed E-state index contributed by atoms with van der Waals surface area (Å²) in [6.07, 6.45) is 2.23. The van der Waals surface area contributed by atoms with Gasteiger partial charge in [0, 0.05) is 11.6 Å². The standard InChI is InChI=1S/C9H9N3O2S/c1-2-4-5-3-11-9(10)12-7(5)15-6(4)8(13)14/h3H,2H2,1H3,(H,13,14)(H2,10,11,12). The fourth-order valence-electron chi connectivity index (χ4n) is 1.47. The number of anilines is 1. The Morgan fingerprint density at radius 2 is 2.40 bits per heavy atom. The molecule has 15 heavy (non-hydrogen) atoms. The summed E-state index contributed by atoms with van der Waals surface area (Å²) in [5.41, 5.74) is 6.22. The Labute approximate surface area is 89.6 Å². The summed E-state index contributed by atoms with van der Waals surface area (Å²) in [4.78, 5) is 19.8. The fourth-order valence-corrected chi connectivity index (χ4v) is 2.55. The second-order valence-corrected chi connectivity index (χ2v) is 4.01. The zero-order valence-corrected chi connectivity index (χ0v) is 8.84. The van der Waals surface area contributed by atoms with Gasteiger partial charge in [0.25, 0.3) is 0 Å². The van der Waals surface area contributed by atoms with Crippen molar-refractivity contribution in [3.05, 3.63) is 16.6 Å². The van der Waals surface area contributed by atoms with E-state index in [1.165, 1.54) is 0 Å². The third-order valence-corrected chi connectivity index (χ3v) is 3.25. The maximum Gasteiger partial charge on any atom is 0.346 e. The van der Waals surface area contributed by atoms with Crippen LogP contribution in [-0.2, 0) is 6.42 Å². The van der Waals surface area contributed by atoms with Crippen LogP contribution < -0.4 is 5.73 Å².